The van der Waals surface area contributed by atoms with Crippen LogP contribution < -0.4 is 10.1 Å². The summed E-state index contributed by atoms with van der Waals surface area (Å²) in [5, 5.41) is 3.37. The van der Waals surface area contributed by atoms with Gasteiger partial charge < -0.3 is 15.0 Å². The number of para-hydroxylation sites is 1. The summed E-state index contributed by atoms with van der Waals surface area (Å²) in [6, 6.07) is 10.2. The Bertz CT molecular complexity index is 464. The van der Waals surface area contributed by atoms with Crippen molar-refractivity contribution in [1.29, 1.82) is 0 Å². The molecule has 1 aliphatic rings. The predicted molar refractivity (Wildman–Crippen MR) is 101 cm³/mol. The highest BCUT2D eigenvalue weighted by Gasteiger charge is 2.27. The zero-order chi connectivity index (χ0) is 16.5. The molecular weight excluding hydrogens is 324 g/mol. The predicted octanol–water partition coefficient (Wildman–Crippen LogP) is 3.50. The first-order chi connectivity index (χ1) is 11.2. The monoisotopic (exact) mass is 354 g/mol. The lowest BCUT2D eigenvalue weighted by molar-refractivity contribution is -0.138. The molecule has 0 radical (unpaired) electrons. The minimum Gasteiger partial charge on any atom is -0.494 e. The van der Waals surface area contributed by atoms with Crippen LogP contribution in [0.1, 0.15) is 39.5 Å². The third-order valence-corrected chi connectivity index (χ3v) is 4.48. The first kappa shape index (κ1) is 20.8. The zero-order valence-electron chi connectivity index (χ0n) is 14.9. The average Bonchev–Trinajstić information content (AvgIpc) is 2.60. The maximum Gasteiger partial charge on any atom is 0.225 e. The van der Waals surface area contributed by atoms with Crippen molar-refractivity contribution >= 4 is 18.3 Å². The fraction of sp³-hybridized carbons (Fsp3) is 0.632. The number of rotatable bonds is 8. The maximum absolute atomic E-state index is 12.8. The average molecular weight is 355 g/mol. The van der Waals surface area contributed by atoms with Crippen molar-refractivity contribution in [2.45, 2.75) is 45.6 Å². The number of hydrogen-bond donors (Lipinski definition) is 1. The van der Waals surface area contributed by atoms with Gasteiger partial charge in [-0.3, -0.25) is 4.79 Å². The Labute approximate surface area is 152 Å². The fourth-order valence-electron chi connectivity index (χ4n) is 3.11. The van der Waals surface area contributed by atoms with Gasteiger partial charge in [-0.1, -0.05) is 32.0 Å². The van der Waals surface area contributed by atoms with E-state index in [9.17, 15) is 4.79 Å². The zero-order valence-corrected chi connectivity index (χ0v) is 15.7. The van der Waals surface area contributed by atoms with Gasteiger partial charge in [0.15, 0.2) is 0 Å². The topological polar surface area (TPSA) is 41.6 Å². The van der Waals surface area contributed by atoms with Crippen molar-refractivity contribution in [1.82, 2.24) is 10.2 Å². The van der Waals surface area contributed by atoms with Crippen molar-refractivity contribution in [2.75, 3.05) is 26.2 Å². The second-order valence-corrected chi connectivity index (χ2v) is 6.36. The second-order valence-electron chi connectivity index (χ2n) is 6.36. The number of nitrogens with one attached hydrogen (secondary N) is 1. The summed E-state index contributed by atoms with van der Waals surface area (Å²) >= 11 is 0. The molecule has 2 rings (SSSR count). The highest BCUT2D eigenvalue weighted by Crippen LogP contribution is 2.18. The van der Waals surface area contributed by atoms with Gasteiger partial charge in [0.05, 0.1) is 6.61 Å². The van der Waals surface area contributed by atoms with Crippen LogP contribution in [0.4, 0.5) is 0 Å². The van der Waals surface area contributed by atoms with E-state index in [1.165, 1.54) is 0 Å². The molecule has 24 heavy (non-hydrogen) atoms. The molecule has 1 aliphatic heterocycles. The van der Waals surface area contributed by atoms with Crippen molar-refractivity contribution < 1.29 is 9.53 Å². The maximum atomic E-state index is 12.8. The molecule has 0 saturated carbocycles. The number of hydrogen-bond acceptors (Lipinski definition) is 3. The van der Waals surface area contributed by atoms with E-state index < -0.39 is 0 Å². The Morgan fingerprint density at radius 3 is 2.58 bits per heavy atom. The highest BCUT2D eigenvalue weighted by molar-refractivity contribution is 5.85. The second kappa shape index (κ2) is 11.3. The number of carbonyl (C=O) groups is 1. The molecule has 0 aromatic heterocycles. The Kier molecular flexibility index (Phi) is 9.80. The number of carbonyl (C=O) groups excluding carboxylic acids is 1. The normalized spacial score (nSPS) is 16.1. The Balaban J connectivity index is 0.00000288. The van der Waals surface area contributed by atoms with Gasteiger partial charge in [0, 0.05) is 18.5 Å². The molecule has 5 heteroatoms. The van der Waals surface area contributed by atoms with E-state index in [0.29, 0.717) is 12.6 Å². The number of halogens is 1. The number of amides is 1. The molecule has 0 aliphatic carbocycles. The van der Waals surface area contributed by atoms with Crippen molar-refractivity contribution in [3.63, 3.8) is 0 Å². The molecule has 1 saturated heterocycles. The van der Waals surface area contributed by atoms with E-state index in [2.05, 4.69) is 17.1 Å². The Hall–Kier alpha value is -1.26. The van der Waals surface area contributed by atoms with E-state index in [4.69, 9.17) is 4.74 Å². The van der Waals surface area contributed by atoms with Crippen LogP contribution in [0.3, 0.4) is 0 Å². The van der Waals surface area contributed by atoms with Crippen LogP contribution in [0.25, 0.3) is 0 Å². The third kappa shape index (κ3) is 6.33. The fourth-order valence-corrected chi connectivity index (χ4v) is 3.11. The van der Waals surface area contributed by atoms with Crippen LogP contribution in [-0.4, -0.2) is 43.1 Å². The number of nitrogens with zero attached hydrogens (tertiary/aromatic N) is 1. The van der Waals surface area contributed by atoms with Crippen LogP contribution >= 0.6 is 12.4 Å². The first-order valence-electron chi connectivity index (χ1n) is 8.91. The standard InChI is InChI=1S/C19H30N2O2.ClH/c1-3-14-21(17-9-12-20-13-10-17)19(22)16(2)11-15-23-18-7-5-4-6-8-18;/h4-8,16-17,20H,3,9-15H2,1-2H3;1H. The molecule has 0 bridgehead atoms. The highest BCUT2D eigenvalue weighted by atomic mass is 35.5. The van der Waals surface area contributed by atoms with Crippen LogP contribution in [0.15, 0.2) is 30.3 Å². The summed E-state index contributed by atoms with van der Waals surface area (Å²) < 4.78 is 5.73. The van der Waals surface area contributed by atoms with Crippen molar-refractivity contribution in [3.05, 3.63) is 30.3 Å². The molecule has 1 atom stereocenters. The summed E-state index contributed by atoms with van der Waals surface area (Å²) in [5.41, 5.74) is 0. The largest absolute Gasteiger partial charge is 0.494 e. The van der Waals surface area contributed by atoms with Crippen molar-refractivity contribution in [3.8, 4) is 5.75 Å². The van der Waals surface area contributed by atoms with E-state index >= 15 is 0 Å². The number of ether oxygens (including phenoxy) is 1. The van der Waals surface area contributed by atoms with Gasteiger partial charge in [-0.25, -0.2) is 0 Å². The lowest BCUT2D eigenvalue weighted by Crippen LogP contribution is -2.48. The molecule has 1 heterocycles. The molecule has 1 aromatic carbocycles. The van der Waals surface area contributed by atoms with Gasteiger partial charge in [0.25, 0.3) is 0 Å². The van der Waals surface area contributed by atoms with Crippen LogP contribution in [0.5, 0.6) is 5.75 Å². The van der Waals surface area contributed by atoms with Crippen LogP contribution in [0, 0.1) is 5.92 Å². The Morgan fingerprint density at radius 1 is 1.29 bits per heavy atom. The molecule has 1 N–H and O–H groups in total. The van der Waals surface area contributed by atoms with E-state index in [1.54, 1.807) is 0 Å². The lowest BCUT2D eigenvalue weighted by atomic mass is 10.0. The van der Waals surface area contributed by atoms with Crippen LogP contribution in [0.2, 0.25) is 0 Å². The van der Waals surface area contributed by atoms with E-state index in [1.807, 2.05) is 37.3 Å². The molecular formula is C19H31ClN2O2. The molecule has 1 unspecified atom stereocenters. The Morgan fingerprint density at radius 2 is 1.96 bits per heavy atom. The van der Waals surface area contributed by atoms with E-state index in [0.717, 1.165) is 51.1 Å². The summed E-state index contributed by atoms with van der Waals surface area (Å²) in [6.07, 6.45) is 3.92. The minimum absolute atomic E-state index is 0. The van der Waals surface area contributed by atoms with Gasteiger partial charge in [0.2, 0.25) is 5.91 Å². The molecule has 136 valence electrons. The third-order valence-electron chi connectivity index (χ3n) is 4.48. The van der Waals surface area contributed by atoms with E-state index in [-0.39, 0.29) is 24.2 Å². The molecule has 1 fully saturated rings. The molecule has 1 aromatic rings. The van der Waals surface area contributed by atoms with Gasteiger partial charge in [-0.05, 0) is 50.9 Å². The van der Waals surface area contributed by atoms with Crippen molar-refractivity contribution in [2.24, 2.45) is 5.92 Å². The van der Waals surface area contributed by atoms with Gasteiger partial charge in [0.1, 0.15) is 5.75 Å². The quantitative estimate of drug-likeness (QED) is 0.776. The summed E-state index contributed by atoms with van der Waals surface area (Å²) in [4.78, 5) is 14.9. The number of benzene rings is 1. The van der Waals surface area contributed by atoms with Gasteiger partial charge in [-0.2, -0.15) is 0 Å². The summed E-state index contributed by atoms with van der Waals surface area (Å²) in [7, 11) is 0. The minimum atomic E-state index is 0. The SMILES string of the molecule is CCCN(C(=O)C(C)CCOc1ccccc1)C1CCNCC1.Cl. The molecule has 1 amide bonds. The van der Waals surface area contributed by atoms with Gasteiger partial charge >= 0.3 is 0 Å². The molecule has 4 nitrogen and oxygen atoms in total. The lowest BCUT2D eigenvalue weighted by Gasteiger charge is -2.36. The summed E-state index contributed by atoms with van der Waals surface area (Å²) in [5.74, 6) is 1.17. The van der Waals surface area contributed by atoms with Crippen LogP contribution in [-0.2, 0) is 4.79 Å². The smallest absolute Gasteiger partial charge is 0.225 e. The molecule has 0 spiro atoms. The number of piperidine rings is 1. The first-order valence-corrected chi connectivity index (χ1v) is 8.91. The van der Waals surface area contributed by atoms with Gasteiger partial charge in [-0.15, -0.1) is 12.4 Å². The summed E-state index contributed by atoms with van der Waals surface area (Å²) in [6.45, 7) is 7.66.